The van der Waals surface area contributed by atoms with E-state index >= 15 is 0 Å². The number of hydrogen-bond donors (Lipinski definition) is 2. The number of sulfonamides is 1. The lowest BCUT2D eigenvalue weighted by Crippen LogP contribution is -2.44. The number of amides is 1. The molecule has 1 aliphatic rings. The van der Waals surface area contributed by atoms with Crippen LogP contribution in [0.25, 0.3) is 11.1 Å². The van der Waals surface area contributed by atoms with Gasteiger partial charge in [0.15, 0.2) is 5.58 Å². The Labute approximate surface area is 194 Å². The van der Waals surface area contributed by atoms with Gasteiger partial charge in [0.2, 0.25) is 15.9 Å². The summed E-state index contributed by atoms with van der Waals surface area (Å²) in [4.78, 5) is 19.3. The molecule has 1 atom stereocenters. The Morgan fingerprint density at radius 3 is 2.55 bits per heavy atom. The Bertz CT molecular complexity index is 1240. The lowest BCUT2D eigenvalue weighted by molar-refractivity contribution is -0.120. The summed E-state index contributed by atoms with van der Waals surface area (Å²) in [6.45, 7) is 8.22. The second-order valence-corrected chi connectivity index (χ2v) is 10.4. The minimum atomic E-state index is -3.81. The van der Waals surface area contributed by atoms with E-state index in [1.165, 1.54) is 0 Å². The van der Waals surface area contributed by atoms with Gasteiger partial charge in [0.25, 0.3) is 6.01 Å². The van der Waals surface area contributed by atoms with Gasteiger partial charge in [-0.25, -0.2) is 13.1 Å². The highest BCUT2D eigenvalue weighted by atomic mass is 32.2. The molecule has 9 heteroatoms. The number of carbonyl (C=O) groups is 1. The number of nitrogens with one attached hydrogen (secondary N) is 2. The van der Waals surface area contributed by atoms with Gasteiger partial charge in [-0.1, -0.05) is 18.2 Å². The summed E-state index contributed by atoms with van der Waals surface area (Å²) in [5.41, 5.74) is 4.74. The van der Waals surface area contributed by atoms with Crippen molar-refractivity contribution in [3.63, 3.8) is 0 Å². The van der Waals surface area contributed by atoms with Gasteiger partial charge in [-0.3, -0.25) is 4.79 Å². The maximum absolute atomic E-state index is 12.9. The molecule has 1 unspecified atom stereocenters. The number of hydrogen-bond acceptors (Lipinski definition) is 6. The summed E-state index contributed by atoms with van der Waals surface area (Å²) < 4.78 is 34.2. The van der Waals surface area contributed by atoms with Crippen molar-refractivity contribution in [1.29, 1.82) is 0 Å². The number of oxazole rings is 1. The highest BCUT2D eigenvalue weighted by molar-refractivity contribution is 7.89. The molecule has 0 radical (unpaired) electrons. The van der Waals surface area contributed by atoms with E-state index in [-0.39, 0.29) is 23.4 Å². The second kappa shape index (κ2) is 9.15. The van der Waals surface area contributed by atoms with Gasteiger partial charge < -0.3 is 14.6 Å². The zero-order chi connectivity index (χ0) is 23.8. The molecule has 0 spiro atoms. The van der Waals surface area contributed by atoms with E-state index in [1.807, 2.05) is 44.2 Å². The number of benzene rings is 2. The Hall–Kier alpha value is -2.91. The van der Waals surface area contributed by atoms with Gasteiger partial charge in [-0.2, -0.15) is 4.98 Å². The van der Waals surface area contributed by atoms with Crippen LogP contribution < -0.4 is 14.9 Å². The zero-order valence-corrected chi connectivity index (χ0v) is 20.3. The molecule has 8 nitrogen and oxygen atoms in total. The number of nitrogens with zero attached hydrogens (tertiary/aromatic N) is 2. The highest BCUT2D eigenvalue weighted by Crippen LogP contribution is 2.28. The molecule has 0 bridgehead atoms. The lowest BCUT2D eigenvalue weighted by Gasteiger charge is -2.23. The van der Waals surface area contributed by atoms with Crippen LogP contribution in [0.3, 0.4) is 0 Å². The number of anilines is 1. The maximum atomic E-state index is 12.9. The van der Waals surface area contributed by atoms with E-state index in [2.05, 4.69) is 19.9 Å². The molecule has 33 heavy (non-hydrogen) atoms. The Balaban J connectivity index is 1.37. The Morgan fingerprint density at radius 2 is 1.85 bits per heavy atom. The van der Waals surface area contributed by atoms with Crippen LogP contribution in [0.4, 0.5) is 6.01 Å². The van der Waals surface area contributed by atoms with Crippen molar-refractivity contribution < 1.29 is 17.6 Å². The average molecular weight is 471 g/mol. The average Bonchev–Trinajstić information content (AvgIpc) is 3.41. The fourth-order valence-electron chi connectivity index (χ4n) is 4.39. The first kappa shape index (κ1) is 23.3. The van der Waals surface area contributed by atoms with E-state index in [0.29, 0.717) is 23.7 Å². The van der Waals surface area contributed by atoms with Gasteiger partial charge in [0.05, 0.1) is 17.5 Å². The number of fused-ring (bicyclic) bond motifs is 1. The van der Waals surface area contributed by atoms with Crippen molar-refractivity contribution in [1.82, 2.24) is 15.0 Å². The third kappa shape index (κ3) is 4.74. The van der Waals surface area contributed by atoms with Crippen LogP contribution in [0.5, 0.6) is 0 Å². The van der Waals surface area contributed by atoms with Crippen molar-refractivity contribution in [2.24, 2.45) is 0 Å². The molecule has 1 aromatic heterocycles. The van der Waals surface area contributed by atoms with Crippen LogP contribution >= 0.6 is 0 Å². The number of aryl methyl sites for hydroxylation is 2. The normalized spacial score (nSPS) is 16.5. The van der Waals surface area contributed by atoms with Gasteiger partial charge in [0, 0.05) is 13.1 Å². The molecule has 176 valence electrons. The molecule has 1 fully saturated rings. The first-order valence-corrected chi connectivity index (χ1v) is 12.6. The first-order valence-electron chi connectivity index (χ1n) is 11.1. The fraction of sp³-hybridized carbons (Fsp3) is 0.417. The topological polar surface area (TPSA) is 105 Å². The number of rotatable bonds is 7. The first-order chi connectivity index (χ1) is 15.7. The van der Waals surface area contributed by atoms with Gasteiger partial charge in [-0.05, 0) is 74.9 Å². The third-order valence-corrected chi connectivity index (χ3v) is 8.10. The molecule has 0 aliphatic carbocycles. The molecule has 1 saturated heterocycles. The largest absolute Gasteiger partial charge is 0.423 e. The zero-order valence-electron chi connectivity index (χ0n) is 19.4. The third-order valence-electron chi connectivity index (χ3n) is 6.43. The van der Waals surface area contributed by atoms with E-state index in [1.54, 1.807) is 13.8 Å². The summed E-state index contributed by atoms with van der Waals surface area (Å²) in [7, 11) is -3.81. The molecule has 0 saturated carbocycles. The SMILES string of the molecule is Cc1cc(C)c(C)c(S(=O)(=O)NCC(=O)NCC2CCCN2c2nc3ccccc3o2)c1C. The summed E-state index contributed by atoms with van der Waals surface area (Å²) in [5.74, 6) is -0.373. The molecule has 3 aromatic rings. The predicted molar refractivity (Wildman–Crippen MR) is 128 cm³/mol. The van der Waals surface area contributed by atoms with E-state index < -0.39 is 10.0 Å². The molecule has 4 rings (SSSR count). The predicted octanol–water partition coefficient (Wildman–Crippen LogP) is 3.12. The minimum absolute atomic E-state index is 0.0440. The molecule has 1 aliphatic heterocycles. The Kier molecular flexibility index (Phi) is 6.45. The van der Waals surface area contributed by atoms with Crippen LogP contribution in [-0.2, 0) is 14.8 Å². The molecule has 2 aromatic carbocycles. The van der Waals surface area contributed by atoms with Crippen LogP contribution in [0.1, 0.15) is 35.1 Å². The highest BCUT2D eigenvalue weighted by Gasteiger charge is 2.29. The van der Waals surface area contributed by atoms with Gasteiger partial charge in [-0.15, -0.1) is 0 Å². The number of carbonyl (C=O) groups excluding carboxylic acids is 1. The summed E-state index contributed by atoms with van der Waals surface area (Å²) >= 11 is 0. The smallest absolute Gasteiger partial charge is 0.298 e. The fourth-order valence-corrected chi connectivity index (χ4v) is 5.99. The van der Waals surface area contributed by atoms with Crippen molar-refractivity contribution in [2.45, 2.75) is 51.5 Å². The van der Waals surface area contributed by atoms with E-state index in [0.717, 1.165) is 41.6 Å². The lowest BCUT2D eigenvalue weighted by atomic mass is 10.0. The quantitative estimate of drug-likeness (QED) is 0.550. The van der Waals surface area contributed by atoms with Crippen LogP contribution in [0.15, 0.2) is 39.6 Å². The van der Waals surface area contributed by atoms with Gasteiger partial charge in [0.1, 0.15) is 5.52 Å². The van der Waals surface area contributed by atoms with Crippen molar-refractivity contribution >= 4 is 33.0 Å². The number of aromatic nitrogens is 1. The van der Waals surface area contributed by atoms with Crippen molar-refractivity contribution in [3.8, 4) is 0 Å². The standard InChI is InChI=1S/C24H30N4O4S/c1-15-12-16(2)18(4)23(17(15)3)33(30,31)26-14-22(29)25-13-19-8-7-11-28(19)24-27-20-9-5-6-10-21(20)32-24/h5-6,9-10,12,19,26H,7-8,11,13-14H2,1-4H3,(H,25,29). The van der Waals surface area contributed by atoms with E-state index in [4.69, 9.17) is 4.42 Å². The van der Waals surface area contributed by atoms with Gasteiger partial charge >= 0.3 is 0 Å². The van der Waals surface area contributed by atoms with Crippen LogP contribution in [0, 0.1) is 27.7 Å². The van der Waals surface area contributed by atoms with Crippen LogP contribution in [0.2, 0.25) is 0 Å². The minimum Gasteiger partial charge on any atom is -0.423 e. The summed E-state index contributed by atoms with van der Waals surface area (Å²) in [5, 5.41) is 2.86. The summed E-state index contributed by atoms with van der Waals surface area (Å²) in [6.07, 6.45) is 1.86. The molecule has 2 N–H and O–H groups in total. The van der Waals surface area contributed by atoms with Crippen LogP contribution in [-0.4, -0.2) is 45.0 Å². The van der Waals surface area contributed by atoms with Crippen molar-refractivity contribution in [3.05, 3.63) is 52.6 Å². The van der Waals surface area contributed by atoms with Crippen molar-refractivity contribution in [2.75, 3.05) is 24.5 Å². The summed E-state index contributed by atoms with van der Waals surface area (Å²) in [6, 6.07) is 10.2. The monoisotopic (exact) mass is 470 g/mol. The maximum Gasteiger partial charge on any atom is 0.298 e. The molecular weight excluding hydrogens is 440 g/mol. The second-order valence-electron chi connectivity index (χ2n) is 8.67. The molecule has 1 amide bonds. The number of para-hydroxylation sites is 2. The Morgan fingerprint density at radius 1 is 1.15 bits per heavy atom. The molecular formula is C24H30N4O4S. The van der Waals surface area contributed by atoms with E-state index in [9.17, 15) is 13.2 Å². The molecule has 2 heterocycles.